The molecule has 0 aliphatic rings. The number of aromatic nitrogens is 2. The molecule has 3 aromatic carbocycles. The van der Waals surface area contributed by atoms with Gasteiger partial charge in [-0.05, 0) is 35.4 Å². The molecule has 0 saturated heterocycles. The van der Waals surface area contributed by atoms with Crippen LogP contribution in [0.3, 0.4) is 0 Å². The second kappa shape index (κ2) is 6.84. The zero-order valence-electron chi connectivity index (χ0n) is 14.5. The maximum atomic E-state index is 12.7. The highest BCUT2D eigenvalue weighted by molar-refractivity contribution is 6.06. The number of benzene rings is 3. The Bertz CT molecular complexity index is 1060. The lowest BCUT2D eigenvalue weighted by molar-refractivity contribution is 0.102. The van der Waals surface area contributed by atoms with Gasteiger partial charge in [-0.2, -0.15) is 5.10 Å². The zero-order chi connectivity index (χ0) is 17.9. The lowest BCUT2D eigenvalue weighted by Crippen LogP contribution is -2.16. The SMILES string of the molecule is Cc1ccc(Cn2nccc2NC(=O)c2ccc3ccccc3c2)cc1. The molecular formula is C22H19N3O. The summed E-state index contributed by atoms with van der Waals surface area (Å²) in [6, 6.07) is 23.8. The van der Waals surface area contributed by atoms with Crippen molar-refractivity contribution in [1.29, 1.82) is 0 Å². The number of hydrogen-bond donors (Lipinski definition) is 1. The summed E-state index contributed by atoms with van der Waals surface area (Å²) in [5.41, 5.74) is 2.99. The van der Waals surface area contributed by atoms with Crippen molar-refractivity contribution < 1.29 is 4.79 Å². The van der Waals surface area contributed by atoms with Crippen molar-refractivity contribution in [2.24, 2.45) is 0 Å². The van der Waals surface area contributed by atoms with Crippen LogP contribution in [0.1, 0.15) is 21.5 Å². The molecule has 1 heterocycles. The van der Waals surface area contributed by atoms with E-state index >= 15 is 0 Å². The molecule has 0 radical (unpaired) electrons. The third kappa shape index (κ3) is 3.35. The van der Waals surface area contributed by atoms with Gasteiger partial charge in [-0.25, -0.2) is 4.68 Å². The van der Waals surface area contributed by atoms with Gasteiger partial charge >= 0.3 is 0 Å². The van der Waals surface area contributed by atoms with Gasteiger partial charge in [-0.15, -0.1) is 0 Å². The van der Waals surface area contributed by atoms with Crippen LogP contribution < -0.4 is 5.32 Å². The van der Waals surface area contributed by atoms with E-state index in [9.17, 15) is 4.79 Å². The Morgan fingerprint density at radius 3 is 2.54 bits per heavy atom. The summed E-state index contributed by atoms with van der Waals surface area (Å²) in [6.45, 7) is 2.67. The zero-order valence-corrected chi connectivity index (χ0v) is 14.5. The van der Waals surface area contributed by atoms with E-state index in [4.69, 9.17) is 0 Å². The maximum absolute atomic E-state index is 12.7. The molecule has 4 aromatic rings. The standard InChI is InChI=1S/C22H19N3O/c1-16-6-8-17(9-7-16)15-25-21(12-13-23-25)24-22(26)20-11-10-18-4-2-3-5-19(18)14-20/h2-14H,15H2,1H3,(H,24,26). The lowest BCUT2D eigenvalue weighted by atomic mass is 10.1. The topological polar surface area (TPSA) is 46.9 Å². The van der Waals surface area contributed by atoms with Crippen LogP contribution in [0.5, 0.6) is 0 Å². The number of anilines is 1. The maximum Gasteiger partial charge on any atom is 0.256 e. The highest BCUT2D eigenvalue weighted by Gasteiger charge is 2.10. The molecule has 0 fully saturated rings. The molecule has 26 heavy (non-hydrogen) atoms. The first kappa shape index (κ1) is 16.1. The monoisotopic (exact) mass is 341 g/mol. The predicted octanol–water partition coefficient (Wildman–Crippen LogP) is 4.65. The molecule has 4 heteroatoms. The van der Waals surface area contributed by atoms with Gasteiger partial charge in [0.1, 0.15) is 5.82 Å². The number of hydrogen-bond acceptors (Lipinski definition) is 2. The van der Waals surface area contributed by atoms with Crippen LogP contribution in [-0.4, -0.2) is 15.7 Å². The molecule has 1 N–H and O–H groups in total. The lowest BCUT2D eigenvalue weighted by Gasteiger charge is -2.10. The van der Waals surface area contributed by atoms with Crippen LogP contribution in [0, 0.1) is 6.92 Å². The first-order valence-corrected chi connectivity index (χ1v) is 8.56. The molecule has 4 rings (SSSR count). The number of fused-ring (bicyclic) bond motifs is 1. The summed E-state index contributed by atoms with van der Waals surface area (Å²) >= 11 is 0. The van der Waals surface area contributed by atoms with Gasteiger partial charge in [-0.1, -0.05) is 60.2 Å². The Morgan fingerprint density at radius 1 is 0.962 bits per heavy atom. The summed E-state index contributed by atoms with van der Waals surface area (Å²) in [5.74, 6) is 0.546. The second-order valence-corrected chi connectivity index (χ2v) is 6.38. The third-order valence-corrected chi connectivity index (χ3v) is 4.42. The minimum atomic E-state index is -0.138. The number of amides is 1. The fraction of sp³-hybridized carbons (Fsp3) is 0.0909. The van der Waals surface area contributed by atoms with E-state index in [1.165, 1.54) is 5.56 Å². The first-order chi connectivity index (χ1) is 12.7. The molecule has 0 aliphatic carbocycles. The Morgan fingerprint density at radius 2 is 1.73 bits per heavy atom. The summed E-state index contributed by atoms with van der Waals surface area (Å²) in [6.07, 6.45) is 1.70. The summed E-state index contributed by atoms with van der Waals surface area (Å²) in [7, 11) is 0. The Balaban J connectivity index is 1.54. The summed E-state index contributed by atoms with van der Waals surface area (Å²) < 4.78 is 1.80. The molecular weight excluding hydrogens is 322 g/mol. The van der Waals surface area contributed by atoms with Crippen LogP contribution in [0.25, 0.3) is 10.8 Å². The quantitative estimate of drug-likeness (QED) is 0.587. The van der Waals surface area contributed by atoms with Crippen LogP contribution >= 0.6 is 0 Å². The van der Waals surface area contributed by atoms with Crippen molar-refractivity contribution in [3.8, 4) is 0 Å². The third-order valence-electron chi connectivity index (χ3n) is 4.42. The minimum Gasteiger partial charge on any atom is -0.307 e. The van der Waals surface area contributed by atoms with Crippen LogP contribution in [0.15, 0.2) is 79.0 Å². The van der Waals surface area contributed by atoms with Crippen molar-refractivity contribution in [1.82, 2.24) is 9.78 Å². The van der Waals surface area contributed by atoms with E-state index in [0.717, 1.165) is 16.3 Å². The van der Waals surface area contributed by atoms with Crippen LogP contribution in [0.2, 0.25) is 0 Å². The van der Waals surface area contributed by atoms with Crippen molar-refractivity contribution in [2.75, 3.05) is 5.32 Å². The van der Waals surface area contributed by atoms with E-state index in [2.05, 4.69) is 41.6 Å². The molecule has 0 unspecified atom stereocenters. The molecule has 0 aliphatic heterocycles. The fourth-order valence-corrected chi connectivity index (χ4v) is 2.95. The fourth-order valence-electron chi connectivity index (χ4n) is 2.95. The smallest absolute Gasteiger partial charge is 0.256 e. The van der Waals surface area contributed by atoms with Gasteiger partial charge in [0.05, 0.1) is 12.7 Å². The predicted molar refractivity (Wildman–Crippen MR) is 104 cm³/mol. The molecule has 0 spiro atoms. The van der Waals surface area contributed by atoms with E-state index in [1.54, 1.807) is 10.9 Å². The Hall–Kier alpha value is -3.40. The van der Waals surface area contributed by atoms with Gasteiger partial charge < -0.3 is 5.32 Å². The number of carbonyl (C=O) groups is 1. The van der Waals surface area contributed by atoms with Gasteiger partial charge in [-0.3, -0.25) is 4.79 Å². The molecule has 4 nitrogen and oxygen atoms in total. The van der Waals surface area contributed by atoms with Gasteiger partial charge in [0, 0.05) is 11.6 Å². The molecule has 128 valence electrons. The number of aryl methyl sites for hydroxylation is 1. The molecule has 1 aromatic heterocycles. The van der Waals surface area contributed by atoms with E-state index in [1.807, 2.05) is 48.5 Å². The molecule has 0 saturated carbocycles. The molecule has 0 bridgehead atoms. The highest BCUT2D eigenvalue weighted by atomic mass is 16.1. The van der Waals surface area contributed by atoms with E-state index in [-0.39, 0.29) is 5.91 Å². The summed E-state index contributed by atoms with van der Waals surface area (Å²) in [4.78, 5) is 12.7. The first-order valence-electron chi connectivity index (χ1n) is 8.56. The van der Waals surface area contributed by atoms with Crippen molar-refractivity contribution in [3.05, 3.63) is 95.7 Å². The average molecular weight is 341 g/mol. The van der Waals surface area contributed by atoms with E-state index < -0.39 is 0 Å². The number of nitrogens with one attached hydrogen (secondary N) is 1. The number of nitrogens with zero attached hydrogens (tertiary/aromatic N) is 2. The Kier molecular flexibility index (Phi) is 4.23. The molecule has 1 amide bonds. The van der Waals surface area contributed by atoms with Crippen molar-refractivity contribution in [2.45, 2.75) is 13.5 Å². The second-order valence-electron chi connectivity index (χ2n) is 6.38. The largest absolute Gasteiger partial charge is 0.307 e. The molecule has 0 atom stereocenters. The van der Waals surface area contributed by atoms with Crippen molar-refractivity contribution >= 4 is 22.5 Å². The number of carbonyl (C=O) groups excluding carboxylic acids is 1. The summed E-state index contributed by atoms with van der Waals surface area (Å²) in [5, 5.41) is 9.47. The van der Waals surface area contributed by atoms with Gasteiger partial charge in [0.25, 0.3) is 5.91 Å². The van der Waals surface area contributed by atoms with Crippen LogP contribution in [-0.2, 0) is 6.54 Å². The number of rotatable bonds is 4. The van der Waals surface area contributed by atoms with Crippen LogP contribution in [0.4, 0.5) is 5.82 Å². The van der Waals surface area contributed by atoms with E-state index in [0.29, 0.717) is 17.9 Å². The Labute approximate surface area is 152 Å². The van der Waals surface area contributed by atoms with Gasteiger partial charge in [0.2, 0.25) is 0 Å². The average Bonchev–Trinajstić information content (AvgIpc) is 3.10. The highest BCUT2D eigenvalue weighted by Crippen LogP contribution is 2.17. The normalized spacial score (nSPS) is 10.8. The minimum absolute atomic E-state index is 0.138. The van der Waals surface area contributed by atoms with Crippen molar-refractivity contribution in [3.63, 3.8) is 0 Å². The van der Waals surface area contributed by atoms with Gasteiger partial charge in [0.15, 0.2) is 0 Å².